The molecule has 1 aromatic rings. The summed E-state index contributed by atoms with van der Waals surface area (Å²) in [6, 6.07) is 0. The number of nitrogens with zero attached hydrogens (tertiary/aromatic N) is 2. The topological polar surface area (TPSA) is 54.9 Å². The summed E-state index contributed by atoms with van der Waals surface area (Å²) in [5, 5.41) is 6.82. The van der Waals surface area contributed by atoms with E-state index < -0.39 is 0 Å². The first kappa shape index (κ1) is 13.4. The predicted molar refractivity (Wildman–Crippen MR) is 66.3 cm³/mol. The van der Waals surface area contributed by atoms with Gasteiger partial charge in [-0.2, -0.15) is 0 Å². The third-order valence-electron chi connectivity index (χ3n) is 2.00. The van der Waals surface area contributed by atoms with Gasteiger partial charge in [0.2, 0.25) is 0 Å². The largest absolute Gasteiger partial charge is 0.351 e. The fraction of sp³-hybridized carbons (Fsp3) is 0.700. The van der Waals surface area contributed by atoms with E-state index >= 15 is 0 Å². The highest BCUT2D eigenvalue weighted by Gasteiger charge is 2.25. The lowest BCUT2D eigenvalue weighted by Gasteiger charge is -2.16. The molecule has 90 valence electrons. The van der Waals surface area contributed by atoms with E-state index in [2.05, 4.69) is 14.9 Å². The molecular weight excluding hydrogens is 246 g/mol. The van der Waals surface area contributed by atoms with E-state index in [4.69, 9.17) is 11.6 Å². The number of rotatable bonds is 4. The lowest BCUT2D eigenvalue weighted by molar-refractivity contribution is 0.0955. The van der Waals surface area contributed by atoms with E-state index in [1.807, 2.05) is 20.8 Å². The Hall–Kier alpha value is -0.680. The van der Waals surface area contributed by atoms with Crippen LogP contribution in [0.1, 0.15) is 42.6 Å². The monoisotopic (exact) mass is 261 g/mol. The Bertz CT molecular complexity index is 359. The number of hydrogen-bond donors (Lipinski definition) is 1. The van der Waals surface area contributed by atoms with Crippen LogP contribution >= 0.6 is 23.1 Å². The van der Waals surface area contributed by atoms with Crippen molar-refractivity contribution in [3.05, 3.63) is 10.6 Å². The van der Waals surface area contributed by atoms with Crippen LogP contribution in [-0.4, -0.2) is 27.9 Å². The summed E-state index contributed by atoms with van der Waals surface area (Å²) in [6.07, 6.45) is 0.768. The van der Waals surface area contributed by atoms with Crippen LogP contribution in [0.5, 0.6) is 0 Å². The molecule has 1 rings (SSSR count). The van der Waals surface area contributed by atoms with Gasteiger partial charge in [0, 0.05) is 17.8 Å². The Balaban J connectivity index is 2.73. The van der Waals surface area contributed by atoms with Gasteiger partial charge in [0.15, 0.2) is 0 Å². The minimum absolute atomic E-state index is 0.106. The van der Waals surface area contributed by atoms with Gasteiger partial charge in [-0.1, -0.05) is 25.3 Å². The fourth-order valence-corrected chi connectivity index (χ4v) is 2.11. The van der Waals surface area contributed by atoms with Gasteiger partial charge in [-0.25, -0.2) is 0 Å². The van der Waals surface area contributed by atoms with Crippen molar-refractivity contribution in [2.45, 2.75) is 32.6 Å². The number of carbonyl (C=O) groups is 1. The van der Waals surface area contributed by atoms with Crippen LogP contribution in [0.15, 0.2) is 0 Å². The predicted octanol–water partition coefficient (Wildman–Crippen LogP) is 2.19. The molecule has 0 radical (unpaired) electrons. The van der Waals surface area contributed by atoms with Gasteiger partial charge in [0.1, 0.15) is 4.88 Å². The molecule has 0 aliphatic rings. The van der Waals surface area contributed by atoms with E-state index in [0.717, 1.165) is 23.6 Å². The van der Waals surface area contributed by atoms with Crippen molar-refractivity contribution in [2.75, 3.05) is 12.4 Å². The van der Waals surface area contributed by atoms with Crippen molar-refractivity contribution in [1.82, 2.24) is 14.9 Å². The molecule has 1 N–H and O–H groups in total. The molecule has 0 saturated carbocycles. The second-order valence-electron chi connectivity index (χ2n) is 4.50. The minimum Gasteiger partial charge on any atom is -0.351 e. The van der Waals surface area contributed by atoms with E-state index in [1.165, 1.54) is 0 Å². The van der Waals surface area contributed by atoms with E-state index in [1.54, 1.807) is 0 Å². The van der Waals surface area contributed by atoms with Gasteiger partial charge in [0.05, 0.1) is 5.69 Å². The van der Waals surface area contributed by atoms with Crippen LogP contribution in [0.4, 0.5) is 0 Å². The summed E-state index contributed by atoms with van der Waals surface area (Å²) >= 11 is 6.68. The molecule has 1 amide bonds. The zero-order valence-corrected chi connectivity index (χ0v) is 11.3. The highest BCUT2D eigenvalue weighted by atomic mass is 35.5. The highest BCUT2D eigenvalue weighted by molar-refractivity contribution is 7.08. The summed E-state index contributed by atoms with van der Waals surface area (Å²) in [5.74, 6) is 0.443. The second-order valence-corrected chi connectivity index (χ2v) is 5.63. The summed E-state index contributed by atoms with van der Waals surface area (Å²) in [5.41, 5.74) is 0.590. The molecule has 16 heavy (non-hydrogen) atoms. The standard InChI is InChI=1S/C10H16ClN3OS/c1-10(2,3)8-7(16-14-13-8)9(15)12-6-4-5-11/h4-6H2,1-3H3,(H,12,15). The molecule has 0 saturated heterocycles. The number of amides is 1. The molecule has 0 atom stereocenters. The molecule has 4 nitrogen and oxygen atoms in total. The number of nitrogens with one attached hydrogen (secondary N) is 1. The third-order valence-corrected chi connectivity index (χ3v) is 2.99. The Morgan fingerprint density at radius 1 is 1.50 bits per heavy atom. The number of alkyl halides is 1. The molecule has 0 spiro atoms. The van der Waals surface area contributed by atoms with Crippen molar-refractivity contribution in [1.29, 1.82) is 0 Å². The van der Waals surface area contributed by atoms with Crippen LogP contribution < -0.4 is 5.32 Å². The first-order valence-electron chi connectivity index (χ1n) is 5.14. The van der Waals surface area contributed by atoms with Gasteiger partial charge in [0.25, 0.3) is 5.91 Å². The smallest absolute Gasteiger partial charge is 0.264 e. The first-order valence-corrected chi connectivity index (χ1v) is 6.44. The maximum absolute atomic E-state index is 11.8. The van der Waals surface area contributed by atoms with Crippen molar-refractivity contribution >= 4 is 29.0 Å². The third kappa shape index (κ3) is 3.42. The Morgan fingerprint density at radius 3 is 2.75 bits per heavy atom. The summed E-state index contributed by atoms with van der Waals surface area (Å²) in [6.45, 7) is 6.63. The normalized spacial score (nSPS) is 11.5. The first-order chi connectivity index (χ1) is 7.46. The van der Waals surface area contributed by atoms with Crippen molar-refractivity contribution in [2.24, 2.45) is 0 Å². The summed E-state index contributed by atoms with van der Waals surface area (Å²) < 4.78 is 3.84. The fourth-order valence-electron chi connectivity index (χ4n) is 1.18. The molecule has 0 fully saturated rings. The van der Waals surface area contributed by atoms with Crippen molar-refractivity contribution < 1.29 is 4.79 Å². The van der Waals surface area contributed by atoms with Crippen LogP contribution in [0, 0.1) is 0 Å². The molecule has 0 bridgehead atoms. The molecule has 0 aliphatic heterocycles. The van der Waals surface area contributed by atoms with Crippen LogP contribution in [0.2, 0.25) is 0 Å². The zero-order valence-electron chi connectivity index (χ0n) is 9.71. The number of halogens is 1. The average Bonchev–Trinajstić information content (AvgIpc) is 2.65. The molecule has 6 heteroatoms. The average molecular weight is 262 g/mol. The van der Waals surface area contributed by atoms with E-state index in [-0.39, 0.29) is 11.3 Å². The molecule has 1 heterocycles. The summed E-state index contributed by atoms with van der Waals surface area (Å²) in [4.78, 5) is 12.4. The second kappa shape index (κ2) is 5.59. The Labute approximate surface area is 105 Å². The Kier molecular flexibility index (Phi) is 4.68. The number of aromatic nitrogens is 2. The van der Waals surface area contributed by atoms with Gasteiger partial charge < -0.3 is 5.32 Å². The SMILES string of the molecule is CC(C)(C)c1nnsc1C(=O)NCCCCl. The maximum Gasteiger partial charge on any atom is 0.264 e. The van der Waals surface area contributed by atoms with Crippen LogP contribution in [-0.2, 0) is 5.41 Å². The number of hydrogen-bond acceptors (Lipinski definition) is 4. The molecule has 0 unspecified atom stereocenters. The quantitative estimate of drug-likeness (QED) is 0.668. The van der Waals surface area contributed by atoms with E-state index in [9.17, 15) is 4.79 Å². The maximum atomic E-state index is 11.8. The molecule has 0 aromatic carbocycles. The van der Waals surface area contributed by atoms with Gasteiger partial charge in [-0.3, -0.25) is 4.79 Å². The lowest BCUT2D eigenvalue weighted by Crippen LogP contribution is -2.27. The molecule has 1 aromatic heterocycles. The van der Waals surface area contributed by atoms with Crippen molar-refractivity contribution in [3.63, 3.8) is 0 Å². The van der Waals surface area contributed by atoms with Crippen molar-refractivity contribution in [3.8, 4) is 0 Å². The van der Waals surface area contributed by atoms with E-state index in [0.29, 0.717) is 17.3 Å². The van der Waals surface area contributed by atoms with Gasteiger partial charge in [-0.05, 0) is 18.0 Å². The van der Waals surface area contributed by atoms with Crippen LogP contribution in [0.25, 0.3) is 0 Å². The molecular formula is C10H16ClN3OS. The van der Waals surface area contributed by atoms with Crippen LogP contribution in [0.3, 0.4) is 0 Å². The minimum atomic E-state index is -0.161. The Morgan fingerprint density at radius 2 is 2.19 bits per heavy atom. The summed E-state index contributed by atoms with van der Waals surface area (Å²) in [7, 11) is 0. The van der Waals surface area contributed by atoms with Gasteiger partial charge in [-0.15, -0.1) is 16.7 Å². The highest BCUT2D eigenvalue weighted by Crippen LogP contribution is 2.25. The van der Waals surface area contributed by atoms with Gasteiger partial charge >= 0.3 is 0 Å². The lowest BCUT2D eigenvalue weighted by atomic mass is 9.91. The zero-order chi connectivity index (χ0) is 12.2. The molecule has 0 aliphatic carbocycles. The number of carbonyl (C=O) groups excluding carboxylic acids is 1.